The van der Waals surface area contributed by atoms with Gasteiger partial charge in [-0.1, -0.05) is 0 Å². The molecule has 0 bridgehead atoms. The third-order valence-corrected chi connectivity index (χ3v) is 4.61. The lowest BCUT2D eigenvalue weighted by Crippen LogP contribution is -2.36. The van der Waals surface area contributed by atoms with Gasteiger partial charge in [-0.25, -0.2) is 4.79 Å². The average Bonchev–Trinajstić information content (AvgIpc) is 3.09. The fourth-order valence-corrected chi connectivity index (χ4v) is 3.30. The molecule has 1 N–H and O–H groups in total. The van der Waals surface area contributed by atoms with E-state index >= 15 is 0 Å². The van der Waals surface area contributed by atoms with E-state index in [1.165, 1.54) is 0 Å². The molecule has 2 heterocycles. The zero-order chi connectivity index (χ0) is 20.5. The van der Waals surface area contributed by atoms with E-state index in [0.29, 0.717) is 24.2 Å². The van der Waals surface area contributed by atoms with E-state index in [9.17, 15) is 9.59 Å². The third-order valence-electron chi connectivity index (χ3n) is 4.61. The molecule has 1 aromatic heterocycles. The van der Waals surface area contributed by atoms with Crippen LogP contribution in [0.5, 0.6) is 0 Å². The highest BCUT2D eigenvalue weighted by molar-refractivity contribution is 6.08. The van der Waals surface area contributed by atoms with E-state index in [1.807, 2.05) is 39.0 Å². The van der Waals surface area contributed by atoms with Crippen LogP contribution in [0.2, 0.25) is 0 Å². The van der Waals surface area contributed by atoms with E-state index in [0.717, 1.165) is 17.5 Å². The van der Waals surface area contributed by atoms with Crippen molar-refractivity contribution in [2.24, 2.45) is 0 Å². The molecule has 3 rings (SSSR count). The molecule has 7 heteroatoms. The molecule has 1 unspecified atom stereocenters. The van der Waals surface area contributed by atoms with Crippen molar-refractivity contribution >= 4 is 28.6 Å². The van der Waals surface area contributed by atoms with Crippen LogP contribution in [-0.4, -0.2) is 65.6 Å². The first kappa shape index (κ1) is 19.9. The highest BCUT2D eigenvalue weighted by Gasteiger charge is 2.30. The topological polar surface area (TPSA) is 74.8 Å². The minimum Gasteiger partial charge on any atom is -0.444 e. The van der Waals surface area contributed by atoms with Crippen LogP contribution in [0.3, 0.4) is 0 Å². The van der Waals surface area contributed by atoms with Crippen molar-refractivity contribution in [3.05, 3.63) is 36.0 Å². The largest absolute Gasteiger partial charge is 0.444 e. The molecule has 1 atom stereocenters. The van der Waals surface area contributed by atoms with Gasteiger partial charge < -0.3 is 19.9 Å². The number of carbonyl (C=O) groups is 2. The molecule has 1 aliphatic rings. The number of aromatic nitrogens is 1. The van der Waals surface area contributed by atoms with E-state index < -0.39 is 5.60 Å². The third kappa shape index (κ3) is 4.35. The second-order valence-electron chi connectivity index (χ2n) is 8.32. The van der Waals surface area contributed by atoms with Crippen LogP contribution in [0.1, 0.15) is 37.6 Å². The first-order chi connectivity index (χ1) is 13.2. The number of nitrogens with zero attached hydrogens (tertiary/aromatic N) is 3. The lowest BCUT2D eigenvalue weighted by atomic mass is 10.1. The molecule has 0 radical (unpaired) electrons. The highest BCUT2D eigenvalue weighted by Crippen LogP contribution is 2.28. The standard InChI is InChI=1S/C21H28N4O3/c1-21(2,3)28-20(27)25-12-10-14(13-25)23-17-9-8-16(19(26)24(4)5)18-15(17)7-6-11-22-18/h6-9,11,14,23H,10,12-13H2,1-5H3. The van der Waals surface area contributed by atoms with Gasteiger partial charge >= 0.3 is 6.09 Å². The number of carbonyl (C=O) groups excluding carboxylic acids is 2. The summed E-state index contributed by atoms with van der Waals surface area (Å²) in [6, 6.07) is 7.65. The lowest BCUT2D eigenvalue weighted by Gasteiger charge is -2.24. The van der Waals surface area contributed by atoms with Crippen LogP contribution in [0.25, 0.3) is 10.9 Å². The quantitative estimate of drug-likeness (QED) is 0.878. The van der Waals surface area contributed by atoms with Crippen molar-refractivity contribution in [1.29, 1.82) is 0 Å². The Morgan fingerprint density at radius 3 is 2.68 bits per heavy atom. The van der Waals surface area contributed by atoms with Gasteiger partial charge in [0.05, 0.1) is 11.1 Å². The van der Waals surface area contributed by atoms with E-state index in [4.69, 9.17) is 4.74 Å². The molecular formula is C21H28N4O3. The summed E-state index contributed by atoms with van der Waals surface area (Å²) in [5.41, 5.74) is 1.66. The van der Waals surface area contributed by atoms with Gasteiger partial charge in [0.2, 0.25) is 0 Å². The fraction of sp³-hybridized carbons (Fsp3) is 0.476. The number of hydrogen-bond donors (Lipinski definition) is 1. The summed E-state index contributed by atoms with van der Waals surface area (Å²) in [6.07, 6.45) is 2.24. The number of rotatable bonds is 3. The second kappa shape index (κ2) is 7.66. The van der Waals surface area contributed by atoms with Gasteiger partial charge in [0.1, 0.15) is 5.60 Å². The van der Waals surface area contributed by atoms with Crippen LogP contribution in [0, 0.1) is 0 Å². The molecule has 2 amide bonds. The van der Waals surface area contributed by atoms with Crippen molar-refractivity contribution < 1.29 is 14.3 Å². The minimum absolute atomic E-state index is 0.0767. The predicted molar refractivity (Wildman–Crippen MR) is 110 cm³/mol. The number of likely N-dealkylation sites (tertiary alicyclic amines) is 1. The highest BCUT2D eigenvalue weighted by atomic mass is 16.6. The van der Waals surface area contributed by atoms with Gasteiger partial charge in [-0.2, -0.15) is 0 Å². The summed E-state index contributed by atoms with van der Waals surface area (Å²) in [5, 5.41) is 4.41. The summed E-state index contributed by atoms with van der Waals surface area (Å²) in [7, 11) is 3.46. The molecule has 7 nitrogen and oxygen atoms in total. The maximum atomic E-state index is 12.5. The number of pyridine rings is 1. The monoisotopic (exact) mass is 384 g/mol. The van der Waals surface area contributed by atoms with Crippen molar-refractivity contribution in [2.75, 3.05) is 32.5 Å². The Kier molecular flexibility index (Phi) is 5.45. The smallest absolute Gasteiger partial charge is 0.410 e. The van der Waals surface area contributed by atoms with Gasteiger partial charge in [-0.15, -0.1) is 0 Å². The molecule has 28 heavy (non-hydrogen) atoms. The second-order valence-corrected chi connectivity index (χ2v) is 8.32. The Morgan fingerprint density at radius 1 is 1.25 bits per heavy atom. The molecule has 1 saturated heterocycles. The normalized spacial score (nSPS) is 16.9. The summed E-state index contributed by atoms with van der Waals surface area (Å²) in [6.45, 7) is 6.83. The Morgan fingerprint density at radius 2 is 2.00 bits per heavy atom. The molecule has 0 spiro atoms. The Labute approximate surface area is 165 Å². The zero-order valence-corrected chi connectivity index (χ0v) is 17.2. The molecule has 150 valence electrons. The molecule has 0 aliphatic carbocycles. The number of ether oxygens (including phenoxy) is 1. The van der Waals surface area contributed by atoms with Crippen LogP contribution in [0.15, 0.2) is 30.5 Å². The first-order valence-corrected chi connectivity index (χ1v) is 9.49. The number of anilines is 1. The van der Waals surface area contributed by atoms with Crippen molar-refractivity contribution in [3.63, 3.8) is 0 Å². The van der Waals surface area contributed by atoms with E-state index in [1.54, 1.807) is 36.2 Å². The van der Waals surface area contributed by atoms with Crippen LogP contribution in [0.4, 0.5) is 10.5 Å². The maximum Gasteiger partial charge on any atom is 0.410 e. The van der Waals surface area contributed by atoms with Crippen LogP contribution >= 0.6 is 0 Å². The molecule has 1 aromatic carbocycles. The van der Waals surface area contributed by atoms with Crippen LogP contribution in [-0.2, 0) is 4.74 Å². The molecule has 2 aromatic rings. The first-order valence-electron chi connectivity index (χ1n) is 9.49. The van der Waals surface area contributed by atoms with E-state index in [-0.39, 0.29) is 18.0 Å². The van der Waals surface area contributed by atoms with E-state index in [2.05, 4.69) is 10.3 Å². The molecular weight excluding hydrogens is 356 g/mol. The number of amides is 2. The average molecular weight is 384 g/mol. The van der Waals surface area contributed by atoms with Crippen molar-refractivity contribution in [3.8, 4) is 0 Å². The van der Waals surface area contributed by atoms with Gasteiger partial charge in [0.15, 0.2) is 0 Å². The Hall–Kier alpha value is -2.83. The predicted octanol–water partition coefficient (Wildman–Crippen LogP) is 3.36. The zero-order valence-electron chi connectivity index (χ0n) is 17.2. The number of fused-ring (bicyclic) bond motifs is 1. The summed E-state index contributed by atoms with van der Waals surface area (Å²) in [5.74, 6) is -0.0767. The van der Waals surface area contributed by atoms with Gasteiger partial charge in [-0.05, 0) is 51.5 Å². The molecule has 0 saturated carbocycles. The number of nitrogens with one attached hydrogen (secondary N) is 1. The summed E-state index contributed by atoms with van der Waals surface area (Å²) in [4.78, 5) is 32.4. The Balaban J connectivity index is 1.78. The lowest BCUT2D eigenvalue weighted by molar-refractivity contribution is 0.0293. The summed E-state index contributed by atoms with van der Waals surface area (Å²) < 4.78 is 5.46. The number of benzene rings is 1. The van der Waals surface area contributed by atoms with Crippen molar-refractivity contribution in [2.45, 2.75) is 38.8 Å². The SMILES string of the molecule is CN(C)C(=O)c1ccc(NC2CCN(C(=O)OC(C)(C)C)C2)c2cccnc12. The van der Waals surface area contributed by atoms with Crippen molar-refractivity contribution in [1.82, 2.24) is 14.8 Å². The maximum absolute atomic E-state index is 12.5. The molecule has 1 aliphatic heterocycles. The van der Waals surface area contributed by atoms with Gasteiger partial charge in [0.25, 0.3) is 5.91 Å². The van der Waals surface area contributed by atoms with Gasteiger partial charge in [0, 0.05) is 50.5 Å². The number of hydrogen-bond acceptors (Lipinski definition) is 5. The fourth-order valence-electron chi connectivity index (χ4n) is 3.30. The molecule has 1 fully saturated rings. The van der Waals surface area contributed by atoms with Gasteiger partial charge in [-0.3, -0.25) is 9.78 Å². The minimum atomic E-state index is -0.501. The summed E-state index contributed by atoms with van der Waals surface area (Å²) >= 11 is 0. The van der Waals surface area contributed by atoms with Crippen LogP contribution < -0.4 is 5.32 Å². The Bertz CT molecular complexity index is 889.